The van der Waals surface area contributed by atoms with Gasteiger partial charge in [-0.3, -0.25) is 15.8 Å². The van der Waals surface area contributed by atoms with Gasteiger partial charge in [0.25, 0.3) is 0 Å². The normalized spacial score (nSPS) is 18.2. The van der Waals surface area contributed by atoms with Crippen LogP contribution >= 0.6 is 0 Å². The molecule has 2 heterocycles. The molecule has 1 aromatic carbocycles. The molecule has 2 aromatic rings. The van der Waals surface area contributed by atoms with E-state index in [9.17, 15) is 4.39 Å². The van der Waals surface area contributed by atoms with Crippen molar-refractivity contribution >= 4 is 24.2 Å². The smallest absolute Gasteiger partial charge is 0.131 e. The van der Waals surface area contributed by atoms with Crippen LogP contribution in [0.2, 0.25) is 0 Å². The van der Waals surface area contributed by atoms with Gasteiger partial charge in [-0.2, -0.15) is 0 Å². The fraction of sp³-hybridized carbons (Fsp3) is 0.514. The molecule has 1 spiro atoms. The number of benzene rings is 1. The molecule has 1 saturated carbocycles. The Balaban J connectivity index is 0.00000131. The van der Waals surface area contributed by atoms with E-state index in [-0.39, 0.29) is 22.6 Å². The number of amidine groups is 1. The van der Waals surface area contributed by atoms with E-state index in [0.717, 1.165) is 34.8 Å². The van der Waals surface area contributed by atoms with E-state index in [1.807, 2.05) is 85.5 Å². The summed E-state index contributed by atoms with van der Waals surface area (Å²) in [6, 6.07) is 5.60. The highest BCUT2D eigenvalue weighted by atomic mass is 19.1. The fourth-order valence-electron chi connectivity index (χ4n) is 5.34. The molecule has 41 heavy (non-hydrogen) atoms. The Labute approximate surface area is 248 Å². The molecular formula is C35H54FN5. The van der Waals surface area contributed by atoms with Crippen LogP contribution in [0.15, 0.2) is 36.5 Å². The Bertz CT molecular complexity index is 1310. The van der Waals surface area contributed by atoms with E-state index in [1.165, 1.54) is 18.9 Å². The summed E-state index contributed by atoms with van der Waals surface area (Å²) in [4.78, 5) is 6.55. The van der Waals surface area contributed by atoms with Crippen molar-refractivity contribution in [2.75, 3.05) is 7.05 Å². The molecule has 1 aliphatic heterocycles. The molecular weight excluding hydrogens is 509 g/mol. The first-order chi connectivity index (χ1) is 19.4. The second-order valence-electron chi connectivity index (χ2n) is 10.8. The third-order valence-corrected chi connectivity index (χ3v) is 7.37. The first-order valence-corrected chi connectivity index (χ1v) is 15.2. The lowest BCUT2D eigenvalue weighted by Gasteiger charge is -2.45. The second kappa shape index (κ2) is 15.8. The Morgan fingerprint density at radius 1 is 1.02 bits per heavy atom. The highest BCUT2D eigenvalue weighted by molar-refractivity contribution is 6.09. The average Bonchev–Trinajstić information content (AvgIpc) is 3.71. The Hall–Kier alpha value is -3.12. The van der Waals surface area contributed by atoms with Crippen molar-refractivity contribution in [2.45, 2.75) is 112 Å². The van der Waals surface area contributed by atoms with E-state index >= 15 is 0 Å². The highest BCUT2D eigenvalue weighted by Gasteiger charge is 2.51. The van der Waals surface area contributed by atoms with Crippen LogP contribution in [0, 0.1) is 23.6 Å². The number of likely N-dealkylation sites (N-methyl/N-ethyl adjacent to an activating group) is 1. The first kappa shape index (κ1) is 35.9. The summed E-state index contributed by atoms with van der Waals surface area (Å²) in [5.74, 6) is 0.0509. The minimum absolute atomic E-state index is 0.0555. The van der Waals surface area contributed by atoms with Gasteiger partial charge in [-0.05, 0) is 100 Å². The lowest BCUT2D eigenvalue weighted by atomic mass is 9.83. The molecule has 0 radical (unpaired) electrons. The predicted molar refractivity (Wildman–Crippen MR) is 177 cm³/mol. The molecule has 1 saturated heterocycles. The molecule has 0 amide bonds. The summed E-state index contributed by atoms with van der Waals surface area (Å²) < 4.78 is 14.3. The van der Waals surface area contributed by atoms with Gasteiger partial charge in [-0.15, -0.1) is 0 Å². The predicted octanol–water partition coefficient (Wildman–Crippen LogP) is 7.38. The minimum Gasteiger partial charge on any atom is -0.357 e. The second-order valence-corrected chi connectivity index (χ2v) is 10.8. The van der Waals surface area contributed by atoms with Crippen LogP contribution in [0.25, 0.3) is 23.8 Å². The lowest BCUT2D eigenvalue weighted by molar-refractivity contribution is 0.146. The number of aromatic nitrogens is 1. The number of pyridine rings is 1. The van der Waals surface area contributed by atoms with Crippen molar-refractivity contribution in [3.05, 3.63) is 64.1 Å². The third-order valence-electron chi connectivity index (χ3n) is 7.37. The van der Waals surface area contributed by atoms with Gasteiger partial charge >= 0.3 is 0 Å². The van der Waals surface area contributed by atoms with Crippen LogP contribution in [-0.2, 0) is 0 Å². The number of piperidine rings is 1. The SMILES string of the molecule is C=c1c(F)cc(-c2cnc(C(=N)/C=C\C(=N)N(C)C3CC(C)(C)NC4(CC4)C3)c(C)c2)c/c1=C/C.CC.CC.CC. The molecule has 6 heteroatoms. The van der Waals surface area contributed by atoms with Gasteiger partial charge in [0, 0.05) is 41.1 Å². The number of rotatable bonds is 5. The molecule has 1 unspecified atom stereocenters. The molecule has 4 rings (SSSR count). The van der Waals surface area contributed by atoms with Crippen molar-refractivity contribution < 1.29 is 4.39 Å². The third kappa shape index (κ3) is 9.19. The van der Waals surface area contributed by atoms with E-state index in [2.05, 4.69) is 30.7 Å². The zero-order chi connectivity index (χ0) is 31.5. The zero-order valence-electron chi connectivity index (χ0n) is 27.4. The maximum absolute atomic E-state index is 14.3. The average molecular weight is 564 g/mol. The standard InChI is InChI=1S/C29H36FN5.3C2H6/c1-7-20-13-21(14-24(30)19(20)3)22-12-18(2)27(33-17-22)25(31)8-9-26(32)35(6)23-15-28(4,5)34-29(16-23)10-11-29;3*1-2/h7-9,12-14,17,23,31-32,34H,3,10-11,15-16H2,1-2,4-6H3;3*1-2H3/b9-8-,20-7-,31-25?,32-26?;;;. The maximum Gasteiger partial charge on any atom is 0.131 e. The van der Waals surface area contributed by atoms with E-state index in [4.69, 9.17) is 10.8 Å². The van der Waals surface area contributed by atoms with Gasteiger partial charge in [-0.25, -0.2) is 4.39 Å². The van der Waals surface area contributed by atoms with Crippen LogP contribution in [0.4, 0.5) is 4.39 Å². The largest absolute Gasteiger partial charge is 0.357 e. The molecule has 0 bridgehead atoms. The van der Waals surface area contributed by atoms with Crippen LogP contribution in [0.3, 0.4) is 0 Å². The summed E-state index contributed by atoms with van der Waals surface area (Å²) in [5, 5.41) is 22.1. The maximum atomic E-state index is 14.3. The van der Waals surface area contributed by atoms with Crippen LogP contribution in [0.1, 0.15) is 99.3 Å². The number of allylic oxidation sites excluding steroid dienone is 1. The van der Waals surface area contributed by atoms with Crippen molar-refractivity contribution in [3.8, 4) is 11.1 Å². The molecule has 3 N–H and O–H groups in total. The van der Waals surface area contributed by atoms with E-state index in [0.29, 0.717) is 22.8 Å². The lowest BCUT2D eigenvalue weighted by Crippen LogP contribution is -2.59. The van der Waals surface area contributed by atoms with Crippen molar-refractivity contribution in [1.29, 1.82) is 10.8 Å². The Morgan fingerprint density at radius 3 is 2.17 bits per heavy atom. The summed E-state index contributed by atoms with van der Waals surface area (Å²) in [6.07, 6.45) is 11.3. The first-order valence-electron chi connectivity index (χ1n) is 15.2. The topological polar surface area (TPSA) is 75.9 Å². The van der Waals surface area contributed by atoms with E-state index < -0.39 is 0 Å². The van der Waals surface area contributed by atoms with Crippen molar-refractivity contribution in [3.63, 3.8) is 0 Å². The number of halogens is 1. The minimum atomic E-state index is -0.347. The van der Waals surface area contributed by atoms with Gasteiger partial charge in [0.15, 0.2) is 0 Å². The number of hydrogen-bond donors (Lipinski definition) is 3. The number of hydrogen-bond acceptors (Lipinski definition) is 4. The Kier molecular flexibility index (Phi) is 13.8. The summed E-state index contributed by atoms with van der Waals surface area (Å²) in [5.41, 5.74) is 3.45. The summed E-state index contributed by atoms with van der Waals surface area (Å²) in [6.45, 7) is 24.0. The van der Waals surface area contributed by atoms with Crippen molar-refractivity contribution in [1.82, 2.24) is 15.2 Å². The quantitative estimate of drug-likeness (QED) is 0.262. The highest BCUT2D eigenvalue weighted by Crippen LogP contribution is 2.46. The van der Waals surface area contributed by atoms with Crippen LogP contribution in [-0.4, -0.2) is 45.6 Å². The van der Waals surface area contributed by atoms with Crippen LogP contribution in [0.5, 0.6) is 0 Å². The molecule has 1 atom stereocenters. The number of nitrogens with one attached hydrogen (secondary N) is 3. The fourth-order valence-corrected chi connectivity index (χ4v) is 5.34. The van der Waals surface area contributed by atoms with Gasteiger partial charge < -0.3 is 10.2 Å². The summed E-state index contributed by atoms with van der Waals surface area (Å²) >= 11 is 0. The van der Waals surface area contributed by atoms with Crippen LogP contribution < -0.4 is 15.8 Å². The number of nitrogens with zero attached hydrogens (tertiary/aromatic N) is 2. The molecule has 5 nitrogen and oxygen atoms in total. The van der Waals surface area contributed by atoms with Gasteiger partial charge in [0.05, 0.1) is 11.4 Å². The molecule has 1 aromatic heterocycles. The number of aryl methyl sites for hydroxylation is 1. The van der Waals surface area contributed by atoms with E-state index in [1.54, 1.807) is 18.3 Å². The Morgan fingerprint density at radius 2 is 1.63 bits per heavy atom. The monoisotopic (exact) mass is 563 g/mol. The van der Waals surface area contributed by atoms with Gasteiger partial charge in [0.2, 0.25) is 0 Å². The van der Waals surface area contributed by atoms with Crippen molar-refractivity contribution in [2.24, 2.45) is 0 Å². The van der Waals surface area contributed by atoms with Gasteiger partial charge in [-0.1, -0.05) is 54.2 Å². The molecule has 226 valence electrons. The van der Waals surface area contributed by atoms with Gasteiger partial charge in [0.1, 0.15) is 11.7 Å². The zero-order valence-corrected chi connectivity index (χ0v) is 27.4. The molecule has 2 fully saturated rings. The molecule has 1 aliphatic carbocycles. The summed E-state index contributed by atoms with van der Waals surface area (Å²) in [7, 11) is 1.98. The molecule has 2 aliphatic rings.